The second-order valence-electron chi connectivity index (χ2n) is 5.57. The van der Waals surface area contributed by atoms with Crippen molar-refractivity contribution in [3.05, 3.63) is 0 Å². The van der Waals surface area contributed by atoms with Crippen LogP contribution in [0.2, 0.25) is 0 Å². The van der Waals surface area contributed by atoms with E-state index < -0.39 is 5.60 Å². The van der Waals surface area contributed by atoms with Crippen LogP contribution in [0.4, 0.5) is 0 Å². The first kappa shape index (κ1) is 15.2. The standard InChI is InChI=1S/C12H26N4O2/c1-4-10(11(13)14-18)16-7-5-15(6-8-16)9-12(2,3)17/h10,17-18H,4-9H2,1-3H3,(H2,13,14). The second-order valence-corrected chi connectivity index (χ2v) is 5.57. The smallest absolute Gasteiger partial charge is 0.156 e. The quantitative estimate of drug-likeness (QED) is 0.277. The fraction of sp³-hybridized carbons (Fsp3) is 0.917. The van der Waals surface area contributed by atoms with Gasteiger partial charge >= 0.3 is 0 Å². The van der Waals surface area contributed by atoms with Crippen LogP contribution in [-0.4, -0.2) is 70.3 Å². The van der Waals surface area contributed by atoms with Crippen LogP contribution in [0, 0.1) is 0 Å². The molecule has 0 aromatic rings. The zero-order chi connectivity index (χ0) is 13.8. The number of hydrogen-bond donors (Lipinski definition) is 3. The second kappa shape index (κ2) is 6.36. The van der Waals surface area contributed by atoms with Gasteiger partial charge in [-0.1, -0.05) is 12.1 Å². The van der Waals surface area contributed by atoms with E-state index in [1.807, 2.05) is 20.8 Å². The van der Waals surface area contributed by atoms with Crippen molar-refractivity contribution >= 4 is 5.84 Å². The van der Waals surface area contributed by atoms with E-state index in [0.29, 0.717) is 6.54 Å². The van der Waals surface area contributed by atoms with Crippen LogP contribution in [0.1, 0.15) is 27.2 Å². The van der Waals surface area contributed by atoms with E-state index in [2.05, 4.69) is 15.0 Å². The average Bonchev–Trinajstić information content (AvgIpc) is 2.30. The van der Waals surface area contributed by atoms with E-state index >= 15 is 0 Å². The summed E-state index contributed by atoms with van der Waals surface area (Å²) in [6.07, 6.45) is 0.835. The lowest BCUT2D eigenvalue weighted by atomic mass is 10.1. The fourth-order valence-electron chi connectivity index (χ4n) is 2.50. The highest BCUT2D eigenvalue weighted by Gasteiger charge is 2.27. The number of aliphatic hydroxyl groups is 1. The molecule has 0 aromatic heterocycles. The zero-order valence-electron chi connectivity index (χ0n) is 11.6. The molecule has 0 aliphatic carbocycles. The highest BCUT2D eigenvalue weighted by Crippen LogP contribution is 2.12. The molecular weight excluding hydrogens is 232 g/mol. The van der Waals surface area contributed by atoms with Crippen molar-refractivity contribution in [1.82, 2.24) is 9.80 Å². The third-order valence-electron chi connectivity index (χ3n) is 3.30. The predicted molar refractivity (Wildman–Crippen MR) is 71.8 cm³/mol. The zero-order valence-corrected chi connectivity index (χ0v) is 11.6. The van der Waals surface area contributed by atoms with Gasteiger partial charge in [0, 0.05) is 32.7 Å². The number of nitrogens with zero attached hydrogens (tertiary/aromatic N) is 3. The van der Waals surface area contributed by atoms with Crippen molar-refractivity contribution < 1.29 is 10.3 Å². The van der Waals surface area contributed by atoms with E-state index in [4.69, 9.17) is 10.9 Å². The Morgan fingerprint density at radius 3 is 2.28 bits per heavy atom. The van der Waals surface area contributed by atoms with Crippen molar-refractivity contribution in [3.63, 3.8) is 0 Å². The van der Waals surface area contributed by atoms with Crippen molar-refractivity contribution in [2.24, 2.45) is 10.9 Å². The number of oxime groups is 1. The molecule has 1 aliphatic rings. The van der Waals surface area contributed by atoms with Gasteiger partial charge in [0.05, 0.1) is 11.6 Å². The van der Waals surface area contributed by atoms with Gasteiger partial charge in [-0.05, 0) is 20.3 Å². The van der Waals surface area contributed by atoms with E-state index in [1.165, 1.54) is 0 Å². The van der Waals surface area contributed by atoms with E-state index in [1.54, 1.807) is 0 Å². The summed E-state index contributed by atoms with van der Waals surface area (Å²) >= 11 is 0. The molecule has 1 saturated heterocycles. The molecule has 1 fully saturated rings. The molecule has 0 amide bonds. The largest absolute Gasteiger partial charge is 0.409 e. The summed E-state index contributed by atoms with van der Waals surface area (Å²) in [5, 5.41) is 21.7. The van der Waals surface area contributed by atoms with Gasteiger partial charge in [0.2, 0.25) is 0 Å². The number of rotatable bonds is 5. The van der Waals surface area contributed by atoms with Gasteiger partial charge in [-0.15, -0.1) is 0 Å². The maximum atomic E-state index is 9.79. The van der Waals surface area contributed by atoms with Crippen LogP contribution >= 0.6 is 0 Å². The third kappa shape index (κ3) is 4.44. The van der Waals surface area contributed by atoms with Gasteiger partial charge in [0.25, 0.3) is 0 Å². The Labute approximate surface area is 109 Å². The molecule has 4 N–H and O–H groups in total. The Morgan fingerprint density at radius 2 is 1.89 bits per heavy atom. The lowest BCUT2D eigenvalue weighted by molar-refractivity contribution is 0.0147. The number of amidine groups is 1. The summed E-state index contributed by atoms with van der Waals surface area (Å²) in [5.74, 6) is 0.286. The molecule has 6 nitrogen and oxygen atoms in total. The number of hydrogen-bond acceptors (Lipinski definition) is 5. The first-order valence-electron chi connectivity index (χ1n) is 6.53. The van der Waals surface area contributed by atoms with Crippen molar-refractivity contribution in [1.29, 1.82) is 0 Å². The summed E-state index contributed by atoms with van der Waals surface area (Å²) < 4.78 is 0. The van der Waals surface area contributed by atoms with Crippen molar-refractivity contribution in [3.8, 4) is 0 Å². The van der Waals surface area contributed by atoms with Crippen LogP contribution in [0.15, 0.2) is 5.16 Å². The molecular formula is C12H26N4O2. The minimum atomic E-state index is -0.655. The van der Waals surface area contributed by atoms with Gasteiger partial charge in [0.15, 0.2) is 5.84 Å². The van der Waals surface area contributed by atoms with Crippen LogP contribution in [0.3, 0.4) is 0 Å². The summed E-state index contributed by atoms with van der Waals surface area (Å²) in [7, 11) is 0. The Morgan fingerprint density at radius 1 is 1.33 bits per heavy atom. The summed E-state index contributed by atoms with van der Waals surface area (Å²) in [6, 6.07) is 0.0132. The molecule has 0 aromatic carbocycles. The molecule has 0 spiro atoms. The number of piperazine rings is 1. The highest BCUT2D eigenvalue weighted by atomic mass is 16.4. The minimum absolute atomic E-state index is 0.0132. The monoisotopic (exact) mass is 258 g/mol. The van der Waals surface area contributed by atoms with E-state index in [0.717, 1.165) is 32.6 Å². The molecule has 1 rings (SSSR count). The molecule has 6 heteroatoms. The van der Waals surface area contributed by atoms with Crippen LogP contribution in [0.5, 0.6) is 0 Å². The first-order valence-corrected chi connectivity index (χ1v) is 6.53. The van der Waals surface area contributed by atoms with Gasteiger partial charge in [-0.25, -0.2) is 0 Å². The molecule has 1 atom stereocenters. The van der Waals surface area contributed by atoms with E-state index in [9.17, 15) is 5.11 Å². The van der Waals surface area contributed by atoms with Crippen LogP contribution in [-0.2, 0) is 0 Å². The summed E-state index contributed by atoms with van der Waals surface area (Å²) in [5.41, 5.74) is 5.04. The Bertz CT molecular complexity index is 280. The van der Waals surface area contributed by atoms with Crippen molar-refractivity contribution in [2.75, 3.05) is 32.7 Å². The molecule has 0 bridgehead atoms. The van der Waals surface area contributed by atoms with Crippen molar-refractivity contribution in [2.45, 2.75) is 38.8 Å². The Balaban J connectivity index is 2.48. The van der Waals surface area contributed by atoms with Crippen LogP contribution < -0.4 is 5.73 Å². The maximum Gasteiger partial charge on any atom is 0.156 e. The summed E-state index contributed by atoms with van der Waals surface area (Å²) in [6.45, 7) is 9.93. The van der Waals surface area contributed by atoms with Crippen LogP contribution in [0.25, 0.3) is 0 Å². The summed E-state index contributed by atoms with van der Waals surface area (Å²) in [4.78, 5) is 4.48. The highest BCUT2D eigenvalue weighted by molar-refractivity contribution is 5.85. The maximum absolute atomic E-state index is 9.79. The topological polar surface area (TPSA) is 85.3 Å². The molecule has 1 heterocycles. The van der Waals surface area contributed by atoms with Gasteiger partial charge in [0.1, 0.15) is 0 Å². The van der Waals surface area contributed by atoms with Gasteiger partial charge < -0.3 is 16.0 Å². The van der Waals surface area contributed by atoms with Gasteiger partial charge in [-0.2, -0.15) is 0 Å². The molecule has 106 valence electrons. The van der Waals surface area contributed by atoms with E-state index in [-0.39, 0.29) is 11.9 Å². The predicted octanol–water partition coefficient (Wildman–Crippen LogP) is -0.100. The minimum Gasteiger partial charge on any atom is -0.409 e. The van der Waals surface area contributed by atoms with Gasteiger partial charge in [-0.3, -0.25) is 9.80 Å². The fourth-order valence-corrected chi connectivity index (χ4v) is 2.50. The number of β-amino-alcohol motifs (C(OH)–C–C–N with tert-alkyl or cyclic N) is 1. The molecule has 18 heavy (non-hydrogen) atoms. The molecule has 1 unspecified atom stereocenters. The third-order valence-corrected chi connectivity index (χ3v) is 3.30. The first-order chi connectivity index (χ1) is 8.37. The normalized spacial score (nSPS) is 22.1. The number of nitrogens with two attached hydrogens (primary N) is 1. The average molecular weight is 258 g/mol. The molecule has 1 aliphatic heterocycles. The SMILES string of the molecule is CCC(C(N)=NO)N1CCN(CC(C)(C)O)CC1. The molecule has 0 saturated carbocycles. The Hall–Kier alpha value is -0.850. The lowest BCUT2D eigenvalue weighted by Crippen LogP contribution is -2.55. The lowest BCUT2D eigenvalue weighted by Gasteiger charge is -2.40. The Kier molecular flexibility index (Phi) is 5.37. The molecule has 0 radical (unpaired) electrons.